The van der Waals surface area contributed by atoms with Crippen molar-refractivity contribution in [2.45, 2.75) is 36.9 Å². The lowest BCUT2D eigenvalue weighted by Gasteiger charge is -2.37. The van der Waals surface area contributed by atoms with Crippen LogP contribution in [0.5, 0.6) is 0 Å². The van der Waals surface area contributed by atoms with Crippen molar-refractivity contribution in [2.75, 3.05) is 49.3 Å². The molecule has 1 fully saturated rings. The summed E-state index contributed by atoms with van der Waals surface area (Å²) in [7, 11) is 2.06. The zero-order valence-electron chi connectivity index (χ0n) is 18.3. The van der Waals surface area contributed by atoms with Gasteiger partial charge in [-0.2, -0.15) is 18.2 Å². The molecule has 0 unspecified atom stereocenters. The van der Waals surface area contributed by atoms with Gasteiger partial charge in [0, 0.05) is 37.4 Å². The maximum absolute atomic E-state index is 12.9. The molecule has 1 N–H and O–H groups in total. The van der Waals surface area contributed by atoms with Gasteiger partial charge in [0.25, 0.3) is 0 Å². The van der Waals surface area contributed by atoms with Crippen molar-refractivity contribution < 1.29 is 18.0 Å². The number of nitrogens with zero attached hydrogens (tertiary/aromatic N) is 4. The number of hydrogen-bond acceptors (Lipinski definition) is 6. The Kier molecular flexibility index (Phi) is 6.99. The minimum atomic E-state index is -4.42. The van der Waals surface area contributed by atoms with Gasteiger partial charge in [0.05, 0.1) is 17.0 Å². The summed E-state index contributed by atoms with van der Waals surface area (Å²) in [5.41, 5.74) is 1.19. The van der Waals surface area contributed by atoms with E-state index in [1.807, 2.05) is 0 Å². The van der Waals surface area contributed by atoms with Crippen molar-refractivity contribution in [3.05, 3.63) is 51.6 Å². The Labute approximate surface area is 193 Å². The molecule has 1 amide bonds. The number of thioether (sulfide) groups is 1. The maximum Gasteiger partial charge on any atom is 0.416 e. The number of benzene rings is 1. The maximum atomic E-state index is 12.9. The number of alkyl halides is 3. The largest absolute Gasteiger partial charge is 0.416 e. The summed E-state index contributed by atoms with van der Waals surface area (Å²) in [5.74, 6) is -0.354. The number of anilines is 1. The summed E-state index contributed by atoms with van der Waals surface area (Å²) in [5, 5.41) is 5.23. The highest BCUT2D eigenvalue weighted by molar-refractivity contribution is 8.00. The SMILES string of the molecule is CN1CCN(n2c3c(c(SCC(=O)Nc4ccc(C(F)(F)F)cc4)nc2=O)CCCC3)CC1. The molecule has 11 heteroatoms. The second-order valence-electron chi connectivity index (χ2n) is 8.31. The summed E-state index contributed by atoms with van der Waals surface area (Å²) in [6.07, 6.45) is -0.818. The third-order valence-corrected chi connectivity index (χ3v) is 6.95. The molecule has 0 bridgehead atoms. The highest BCUT2D eigenvalue weighted by Crippen LogP contribution is 2.31. The molecular formula is C22H26F3N5O2S. The first kappa shape index (κ1) is 23.6. The molecule has 0 radical (unpaired) electrons. The second kappa shape index (κ2) is 9.76. The van der Waals surface area contributed by atoms with Gasteiger partial charge in [-0.05, 0) is 57.0 Å². The molecule has 2 aliphatic rings. The normalized spacial score (nSPS) is 17.0. The third kappa shape index (κ3) is 5.52. The van der Waals surface area contributed by atoms with Gasteiger partial charge in [-0.3, -0.25) is 4.79 Å². The van der Waals surface area contributed by atoms with Gasteiger partial charge in [0.15, 0.2) is 0 Å². The summed E-state index contributed by atoms with van der Waals surface area (Å²) in [6, 6.07) is 4.31. The lowest BCUT2D eigenvalue weighted by atomic mass is 9.97. The zero-order valence-corrected chi connectivity index (χ0v) is 19.1. The molecule has 1 aliphatic heterocycles. The fourth-order valence-corrected chi connectivity index (χ4v) is 5.03. The van der Waals surface area contributed by atoms with Crippen molar-refractivity contribution in [1.29, 1.82) is 0 Å². The number of amides is 1. The Morgan fingerprint density at radius 1 is 1.09 bits per heavy atom. The summed E-state index contributed by atoms with van der Waals surface area (Å²) >= 11 is 1.20. The molecule has 33 heavy (non-hydrogen) atoms. The molecule has 2 aromatic rings. The number of carbonyl (C=O) groups excluding carboxylic acids is 1. The van der Waals surface area contributed by atoms with Crippen LogP contribution >= 0.6 is 11.8 Å². The molecule has 0 saturated carbocycles. The van der Waals surface area contributed by atoms with Crippen LogP contribution in [0.15, 0.2) is 34.1 Å². The van der Waals surface area contributed by atoms with E-state index in [-0.39, 0.29) is 23.0 Å². The monoisotopic (exact) mass is 481 g/mol. The number of carbonyl (C=O) groups is 1. The molecule has 4 rings (SSSR count). The number of aromatic nitrogens is 2. The molecule has 7 nitrogen and oxygen atoms in total. The average Bonchev–Trinajstić information content (AvgIpc) is 2.78. The molecular weight excluding hydrogens is 455 g/mol. The highest BCUT2D eigenvalue weighted by Gasteiger charge is 2.30. The van der Waals surface area contributed by atoms with Crippen molar-refractivity contribution in [3.63, 3.8) is 0 Å². The summed E-state index contributed by atoms with van der Waals surface area (Å²) < 4.78 is 39.8. The van der Waals surface area contributed by atoms with Crippen molar-refractivity contribution >= 4 is 23.4 Å². The Hall–Kier alpha value is -2.53. The molecule has 2 heterocycles. The van der Waals surface area contributed by atoms with Crippen LogP contribution in [-0.4, -0.2) is 59.4 Å². The Morgan fingerprint density at radius 3 is 2.42 bits per heavy atom. The van der Waals surface area contributed by atoms with E-state index in [1.54, 1.807) is 4.68 Å². The van der Waals surface area contributed by atoms with Gasteiger partial charge in [-0.25, -0.2) is 9.47 Å². The van der Waals surface area contributed by atoms with E-state index in [0.717, 1.165) is 75.3 Å². The number of likely N-dealkylation sites (N-methyl/N-ethyl adjacent to an activating group) is 1. The third-order valence-electron chi connectivity index (χ3n) is 5.93. The Bertz CT molecular complexity index is 1060. The minimum absolute atomic E-state index is 0.0123. The first-order valence-corrected chi connectivity index (χ1v) is 11.9. The van der Waals surface area contributed by atoms with Crippen LogP contribution in [0.2, 0.25) is 0 Å². The van der Waals surface area contributed by atoms with E-state index in [4.69, 9.17) is 0 Å². The summed E-state index contributed by atoms with van der Waals surface area (Å²) in [4.78, 5) is 31.9. The molecule has 0 atom stereocenters. The van der Waals surface area contributed by atoms with Gasteiger partial charge in [0.2, 0.25) is 5.91 Å². The van der Waals surface area contributed by atoms with Gasteiger partial charge >= 0.3 is 11.9 Å². The molecule has 1 aromatic heterocycles. The topological polar surface area (TPSA) is 70.5 Å². The van der Waals surface area contributed by atoms with Crippen LogP contribution in [0.3, 0.4) is 0 Å². The number of piperazine rings is 1. The molecule has 178 valence electrons. The molecule has 1 aliphatic carbocycles. The first-order valence-electron chi connectivity index (χ1n) is 10.9. The van der Waals surface area contributed by atoms with Crippen molar-refractivity contribution in [1.82, 2.24) is 14.6 Å². The highest BCUT2D eigenvalue weighted by atomic mass is 32.2. The van der Waals surface area contributed by atoms with Crippen LogP contribution in [0.25, 0.3) is 0 Å². The lowest BCUT2D eigenvalue weighted by Crippen LogP contribution is -2.54. The molecule has 1 aromatic carbocycles. The fourth-order valence-electron chi connectivity index (χ4n) is 4.15. The molecule has 1 saturated heterocycles. The van der Waals surface area contributed by atoms with Gasteiger partial charge in [0.1, 0.15) is 5.03 Å². The van der Waals surface area contributed by atoms with Crippen LogP contribution in [0.4, 0.5) is 18.9 Å². The van der Waals surface area contributed by atoms with Gasteiger partial charge in [-0.15, -0.1) is 0 Å². The number of fused-ring (bicyclic) bond motifs is 1. The smallest absolute Gasteiger partial charge is 0.325 e. The van der Waals surface area contributed by atoms with Crippen LogP contribution in [-0.2, 0) is 23.8 Å². The van der Waals surface area contributed by atoms with Crippen LogP contribution in [0, 0.1) is 0 Å². The fraction of sp³-hybridized carbons (Fsp3) is 0.500. The van der Waals surface area contributed by atoms with E-state index in [9.17, 15) is 22.8 Å². The lowest BCUT2D eigenvalue weighted by molar-refractivity contribution is -0.137. The number of nitrogens with one attached hydrogen (secondary N) is 1. The predicted octanol–water partition coefficient (Wildman–Crippen LogP) is 2.76. The standard InChI is InChI=1S/C22H26F3N5O2S/c1-28-10-12-29(13-11-28)30-18-5-3-2-4-17(18)20(27-21(30)32)33-14-19(31)26-16-8-6-15(7-9-16)22(23,24)25/h6-9H,2-5,10-14H2,1H3,(H,26,31). The van der Waals surface area contributed by atoms with Gasteiger partial charge < -0.3 is 15.2 Å². The van der Waals surface area contributed by atoms with Crippen molar-refractivity contribution in [2.24, 2.45) is 0 Å². The minimum Gasteiger partial charge on any atom is -0.325 e. The molecule has 0 spiro atoms. The van der Waals surface area contributed by atoms with E-state index >= 15 is 0 Å². The zero-order chi connectivity index (χ0) is 23.6. The Morgan fingerprint density at radius 2 is 1.76 bits per heavy atom. The quantitative estimate of drug-likeness (QED) is 0.523. The number of rotatable bonds is 5. The van der Waals surface area contributed by atoms with E-state index in [2.05, 4.69) is 27.3 Å². The first-order chi connectivity index (χ1) is 15.7. The second-order valence-corrected chi connectivity index (χ2v) is 9.28. The number of hydrogen-bond donors (Lipinski definition) is 1. The van der Waals surface area contributed by atoms with Crippen molar-refractivity contribution in [3.8, 4) is 0 Å². The predicted molar refractivity (Wildman–Crippen MR) is 121 cm³/mol. The summed E-state index contributed by atoms with van der Waals surface area (Å²) in [6.45, 7) is 3.27. The van der Waals surface area contributed by atoms with E-state index in [0.29, 0.717) is 5.03 Å². The van der Waals surface area contributed by atoms with Crippen LogP contribution < -0.4 is 16.0 Å². The van der Waals surface area contributed by atoms with E-state index < -0.39 is 11.7 Å². The van der Waals surface area contributed by atoms with E-state index in [1.165, 1.54) is 23.9 Å². The van der Waals surface area contributed by atoms with Crippen LogP contribution in [0.1, 0.15) is 29.7 Å². The Balaban J connectivity index is 1.46. The van der Waals surface area contributed by atoms with Gasteiger partial charge in [-0.1, -0.05) is 11.8 Å². The average molecular weight is 482 g/mol. The number of halogens is 3.